The molecule has 1 atom stereocenters. The Morgan fingerprint density at radius 3 is 2.62 bits per heavy atom. The Morgan fingerprint density at radius 1 is 1.14 bits per heavy atom. The van der Waals surface area contributed by atoms with E-state index >= 15 is 0 Å². The van der Waals surface area contributed by atoms with Crippen LogP contribution in [0.2, 0.25) is 0 Å². The minimum atomic E-state index is -0.0895. The second-order valence-corrected chi connectivity index (χ2v) is 6.76. The third kappa shape index (κ3) is 4.16. The van der Waals surface area contributed by atoms with Gasteiger partial charge in [0.25, 0.3) is 5.91 Å². The lowest BCUT2D eigenvalue weighted by Crippen LogP contribution is -2.54. The van der Waals surface area contributed by atoms with E-state index in [1.165, 1.54) is 12.6 Å². The summed E-state index contributed by atoms with van der Waals surface area (Å²) in [6.07, 6.45) is 3.00. The van der Waals surface area contributed by atoms with Gasteiger partial charge in [-0.05, 0) is 43.3 Å². The lowest BCUT2D eigenvalue weighted by atomic mass is 10.1. The number of carbonyl (C=O) groups is 1. The molecule has 1 fully saturated rings. The van der Waals surface area contributed by atoms with E-state index in [0.717, 1.165) is 11.6 Å². The van der Waals surface area contributed by atoms with Gasteiger partial charge in [0.05, 0.1) is 13.4 Å². The third-order valence-corrected chi connectivity index (χ3v) is 4.85. The van der Waals surface area contributed by atoms with Crippen molar-refractivity contribution in [3.63, 3.8) is 0 Å². The van der Waals surface area contributed by atoms with Gasteiger partial charge < -0.3 is 23.7 Å². The van der Waals surface area contributed by atoms with E-state index in [0.29, 0.717) is 37.0 Å². The summed E-state index contributed by atoms with van der Waals surface area (Å²) in [6.45, 7) is 3.92. The molecule has 1 aliphatic heterocycles. The molecular formula is C21H22N4O4. The summed E-state index contributed by atoms with van der Waals surface area (Å²) >= 11 is 0. The largest absolute Gasteiger partial charge is 0.497 e. The molecule has 0 bridgehead atoms. The van der Waals surface area contributed by atoms with Gasteiger partial charge in [0.1, 0.15) is 23.6 Å². The maximum Gasteiger partial charge on any atom is 0.289 e. The van der Waals surface area contributed by atoms with Crippen LogP contribution in [0.25, 0.3) is 0 Å². The van der Waals surface area contributed by atoms with Crippen molar-refractivity contribution < 1.29 is 18.7 Å². The fourth-order valence-corrected chi connectivity index (χ4v) is 3.33. The molecule has 0 N–H and O–H groups in total. The van der Waals surface area contributed by atoms with E-state index in [9.17, 15) is 4.79 Å². The van der Waals surface area contributed by atoms with Crippen LogP contribution in [0.4, 0.5) is 5.82 Å². The van der Waals surface area contributed by atoms with E-state index < -0.39 is 0 Å². The first-order valence-corrected chi connectivity index (χ1v) is 9.37. The van der Waals surface area contributed by atoms with Crippen molar-refractivity contribution in [3.05, 3.63) is 60.8 Å². The van der Waals surface area contributed by atoms with Gasteiger partial charge >= 0.3 is 0 Å². The number of hydrogen-bond donors (Lipinski definition) is 0. The highest BCUT2D eigenvalue weighted by Gasteiger charge is 2.30. The summed E-state index contributed by atoms with van der Waals surface area (Å²) in [4.78, 5) is 25.1. The molecule has 0 aliphatic carbocycles. The van der Waals surface area contributed by atoms with E-state index in [1.807, 2.05) is 36.1 Å². The molecule has 0 saturated carbocycles. The Labute approximate surface area is 168 Å². The van der Waals surface area contributed by atoms with E-state index in [2.05, 4.69) is 14.9 Å². The smallest absolute Gasteiger partial charge is 0.289 e. The topological polar surface area (TPSA) is 80.9 Å². The predicted octanol–water partition coefficient (Wildman–Crippen LogP) is 3.22. The van der Waals surface area contributed by atoms with Crippen molar-refractivity contribution in [2.45, 2.75) is 13.0 Å². The first kappa shape index (κ1) is 18.8. The van der Waals surface area contributed by atoms with Crippen molar-refractivity contribution in [3.8, 4) is 17.4 Å². The fraction of sp³-hybridized carbons (Fsp3) is 0.286. The molecular weight excluding hydrogens is 372 g/mol. The number of aromatic nitrogens is 2. The van der Waals surface area contributed by atoms with Crippen molar-refractivity contribution in [2.24, 2.45) is 0 Å². The number of benzene rings is 1. The molecule has 2 aromatic heterocycles. The van der Waals surface area contributed by atoms with Gasteiger partial charge in [-0.2, -0.15) is 0 Å². The fourth-order valence-electron chi connectivity index (χ4n) is 3.33. The number of rotatable bonds is 5. The molecule has 8 nitrogen and oxygen atoms in total. The number of furan rings is 1. The third-order valence-electron chi connectivity index (χ3n) is 4.85. The van der Waals surface area contributed by atoms with Crippen LogP contribution in [0.1, 0.15) is 17.5 Å². The second-order valence-electron chi connectivity index (χ2n) is 6.76. The van der Waals surface area contributed by atoms with Crippen molar-refractivity contribution in [1.29, 1.82) is 0 Å². The van der Waals surface area contributed by atoms with E-state index in [1.54, 1.807) is 25.3 Å². The van der Waals surface area contributed by atoms with Crippen molar-refractivity contribution in [2.75, 3.05) is 31.6 Å². The Hall–Kier alpha value is -3.55. The Balaban J connectivity index is 1.43. The van der Waals surface area contributed by atoms with Crippen LogP contribution >= 0.6 is 0 Å². The maximum absolute atomic E-state index is 12.6. The SMILES string of the molecule is COc1ccc(Oc2cc(N3CCN(C(=O)c4ccco4)[C@H](C)C3)ncn2)cc1. The number of hydrogen-bond acceptors (Lipinski definition) is 7. The lowest BCUT2D eigenvalue weighted by Gasteiger charge is -2.40. The summed E-state index contributed by atoms with van der Waals surface area (Å²) in [5.74, 6) is 2.92. The monoisotopic (exact) mass is 394 g/mol. The van der Waals surface area contributed by atoms with Gasteiger partial charge in [-0.15, -0.1) is 0 Å². The van der Waals surface area contributed by atoms with Gasteiger partial charge in [-0.3, -0.25) is 4.79 Å². The van der Waals surface area contributed by atoms with Gasteiger partial charge in [0, 0.05) is 31.7 Å². The van der Waals surface area contributed by atoms with Crippen LogP contribution < -0.4 is 14.4 Å². The first-order valence-electron chi connectivity index (χ1n) is 9.37. The normalized spacial score (nSPS) is 16.6. The number of carbonyl (C=O) groups excluding carboxylic acids is 1. The Bertz CT molecular complexity index is 959. The molecule has 0 spiro atoms. The number of methoxy groups -OCH3 is 1. The highest BCUT2D eigenvalue weighted by molar-refractivity contribution is 5.91. The molecule has 4 rings (SSSR count). The molecule has 29 heavy (non-hydrogen) atoms. The van der Waals surface area contributed by atoms with Crippen molar-refractivity contribution >= 4 is 11.7 Å². The minimum Gasteiger partial charge on any atom is -0.497 e. The van der Waals surface area contributed by atoms with Crippen LogP contribution in [0.3, 0.4) is 0 Å². The zero-order chi connectivity index (χ0) is 20.2. The van der Waals surface area contributed by atoms with Gasteiger partial charge in [0.15, 0.2) is 5.76 Å². The standard InChI is InChI=1S/C21H22N4O4/c1-15-13-24(9-10-25(15)21(26)18-4-3-11-28-18)19-12-20(23-14-22-19)29-17-7-5-16(27-2)6-8-17/h3-8,11-12,14-15H,9-10,13H2,1-2H3/t15-/m1/s1. The van der Waals surface area contributed by atoms with Gasteiger partial charge in [0.2, 0.25) is 5.88 Å². The lowest BCUT2D eigenvalue weighted by molar-refractivity contribution is 0.0641. The Kier molecular flexibility index (Phi) is 5.33. The molecule has 3 aromatic rings. The van der Waals surface area contributed by atoms with E-state index in [4.69, 9.17) is 13.9 Å². The number of nitrogens with zero attached hydrogens (tertiary/aromatic N) is 4. The number of anilines is 1. The zero-order valence-electron chi connectivity index (χ0n) is 16.3. The van der Waals surface area contributed by atoms with Gasteiger partial charge in [-0.25, -0.2) is 9.97 Å². The molecule has 1 aliphatic rings. The molecule has 0 unspecified atom stereocenters. The first-order chi connectivity index (χ1) is 14.1. The maximum atomic E-state index is 12.6. The highest BCUT2D eigenvalue weighted by Crippen LogP contribution is 2.25. The van der Waals surface area contributed by atoms with Gasteiger partial charge in [-0.1, -0.05) is 0 Å². The average molecular weight is 394 g/mol. The Morgan fingerprint density at radius 2 is 1.93 bits per heavy atom. The molecule has 3 heterocycles. The average Bonchev–Trinajstić information content (AvgIpc) is 3.29. The quantitative estimate of drug-likeness (QED) is 0.657. The molecule has 8 heteroatoms. The predicted molar refractivity (Wildman–Crippen MR) is 107 cm³/mol. The second kappa shape index (κ2) is 8.22. The number of ether oxygens (including phenoxy) is 2. The van der Waals surface area contributed by atoms with Crippen LogP contribution in [0.15, 0.2) is 59.5 Å². The summed E-state index contributed by atoms with van der Waals surface area (Å²) < 4.78 is 16.2. The van der Waals surface area contributed by atoms with Crippen LogP contribution in [0.5, 0.6) is 17.4 Å². The molecule has 1 saturated heterocycles. The molecule has 1 amide bonds. The summed E-state index contributed by atoms with van der Waals surface area (Å²) in [6, 6.07) is 12.5. The molecule has 1 aromatic carbocycles. The zero-order valence-corrected chi connectivity index (χ0v) is 16.3. The van der Waals surface area contributed by atoms with Crippen LogP contribution in [0, 0.1) is 0 Å². The number of amides is 1. The number of piperazine rings is 1. The van der Waals surface area contributed by atoms with Crippen LogP contribution in [-0.2, 0) is 0 Å². The molecule has 150 valence electrons. The minimum absolute atomic E-state index is 0.0160. The summed E-state index contributed by atoms with van der Waals surface area (Å²) in [5, 5.41) is 0. The van der Waals surface area contributed by atoms with Crippen molar-refractivity contribution in [1.82, 2.24) is 14.9 Å². The highest BCUT2D eigenvalue weighted by atomic mass is 16.5. The summed E-state index contributed by atoms with van der Waals surface area (Å²) in [7, 11) is 1.62. The molecule has 0 radical (unpaired) electrons. The van der Waals surface area contributed by atoms with Crippen LogP contribution in [-0.4, -0.2) is 53.6 Å². The van der Waals surface area contributed by atoms with E-state index in [-0.39, 0.29) is 11.9 Å². The summed E-state index contributed by atoms with van der Waals surface area (Å²) in [5.41, 5.74) is 0.